The normalized spacial score (nSPS) is 13.7. The summed E-state index contributed by atoms with van der Waals surface area (Å²) in [4.78, 5) is 60.4. The number of nitrogens with zero attached hydrogens (tertiary/aromatic N) is 6. The number of rotatable bonds is 13. The smallest absolute Gasteiger partial charge is 1.00 e. The van der Waals surface area contributed by atoms with Gasteiger partial charge in [0, 0.05) is 42.7 Å². The molecule has 0 aliphatic heterocycles. The second kappa shape index (κ2) is 25.0. The number of aliphatic hydroxyl groups is 1. The van der Waals surface area contributed by atoms with Crippen LogP contribution in [0.3, 0.4) is 0 Å². The van der Waals surface area contributed by atoms with E-state index >= 15 is 0 Å². The molecule has 3 aliphatic carbocycles. The number of carbonyl (C=O) groups is 4. The van der Waals surface area contributed by atoms with E-state index in [2.05, 4.69) is 21.5 Å². The van der Waals surface area contributed by atoms with Crippen LogP contribution in [0.15, 0.2) is 66.9 Å². The Hall–Kier alpha value is -5.00. The maximum atomic E-state index is 12.0. The van der Waals surface area contributed by atoms with Gasteiger partial charge in [0.15, 0.2) is 5.78 Å². The van der Waals surface area contributed by atoms with Crippen LogP contribution in [0.5, 0.6) is 0 Å². The molecule has 15 nitrogen and oxygen atoms in total. The van der Waals surface area contributed by atoms with Crippen molar-refractivity contribution in [3.63, 3.8) is 0 Å². The summed E-state index contributed by atoms with van der Waals surface area (Å²) < 4.78 is 25.1. The van der Waals surface area contributed by atoms with Gasteiger partial charge in [-0.1, -0.05) is 18.2 Å². The molecule has 0 aromatic carbocycles. The third-order valence-corrected chi connectivity index (χ3v) is 11.4. The molecule has 18 heteroatoms. The van der Waals surface area contributed by atoms with Crippen molar-refractivity contribution in [3.05, 3.63) is 108 Å². The van der Waals surface area contributed by atoms with E-state index in [4.69, 9.17) is 30.5 Å². The number of ether oxygens (including phenoxy) is 4. The van der Waals surface area contributed by atoms with Gasteiger partial charge in [-0.25, -0.2) is 29.3 Å². The topological polar surface area (TPSA) is 179 Å². The van der Waals surface area contributed by atoms with Crippen LogP contribution >= 0.6 is 11.6 Å². The third-order valence-electron chi connectivity index (χ3n) is 11.2. The first kappa shape index (κ1) is 57.3. The minimum atomic E-state index is -1.01. The fourth-order valence-electron chi connectivity index (χ4n) is 7.19. The summed E-state index contributed by atoms with van der Waals surface area (Å²) in [5.41, 5.74) is 3.78. The number of pyridine rings is 3. The molecule has 0 radical (unpaired) electrons. The van der Waals surface area contributed by atoms with Crippen LogP contribution in [-0.4, -0.2) is 108 Å². The number of fused-ring (bicyclic) bond motifs is 3. The van der Waals surface area contributed by atoms with Gasteiger partial charge in [-0.15, -0.1) is 0 Å². The van der Waals surface area contributed by atoms with Crippen molar-refractivity contribution in [2.24, 2.45) is 17.8 Å². The van der Waals surface area contributed by atoms with Gasteiger partial charge in [0.2, 0.25) is 0 Å². The Balaban J connectivity index is 0.000000250. The fourth-order valence-corrected chi connectivity index (χ4v) is 7.34. The summed E-state index contributed by atoms with van der Waals surface area (Å²) in [5.74, 6) is 1.51. The maximum absolute atomic E-state index is 12.0. The van der Waals surface area contributed by atoms with Gasteiger partial charge in [0.1, 0.15) is 50.5 Å². The number of ketones is 1. The number of allylic oxidation sites excluding steroid dienone is 1. The fraction of sp³-hybridized carbons (Fsp3) is 0.440. The Morgan fingerprint density at radius 2 is 1.04 bits per heavy atom. The van der Waals surface area contributed by atoms with Crippen molar-refractivity contribution in [3.8, 4) is 0 Å². The summed E-state index contributed by atoms with van der Waals surface area (Å²) in [6.45, 7) is 15.3. The first-order valence-corrected chi connectivity index (χ1v) is 22.3. The minimum Gasteiger partial charge on any atom is -1.00 e. The molecule has 1 N–H and O–H groups in total. The van der Waals surface area contributed by atoms with Crippen molar-refractivity contribution in [1.29, 1.82) is 0 Å². The minimum absolute atomic E-state index is 0. The largest absolute Gasteiger partial charge is 2.00 e. The molecule has 3 fully saturated rings. The van der Waals surface area contributed by atoms with Crippen LogP contribution in [-0.2, 0) is 44.2 Å². The second-order valence-corrected chi connectivity index (χ2v) is 17.6. The molecule has 3 saturated carbocycles. The summed E-state index contributed by atoms with van der Waals surface area (Å²) in [7, 11) is 4.15. The molecule has 6 aromatic heterocycles. The molecular formula is C50H62Cl2MgN6O9. The number of halogens is 2. The van der Waals surface area contributed by atoms with Crippen LogP contribution in [0.25, 0.3) is 33.1 Å². The number of hydrogen-bond donors (Lipinski definition) is 1. The first-order chi connectivity index (χ1) is 30.9. The summed E-state index contributed by atoms with van der Waals surface area (Å²) in [6.07, 6.45) is 7.14. The molecule has 9 rings (SSSR count). The molecular weight excluding hydrogens is 924 g/mol. The van der Waals surface area contributed by atoms with E-state index in [1.54, 1.807) is 38.1 Å². The first-order valence-electron chi connectivity index (χ1n) is 21.9. The summed E-state index contributed by atoms with van der Waals surface area (Å²) in [6, 6.07) is 16.2. The third kappa shape index (κ3) is 14.8. The van der Waals surface area contributed by atoms with Gasteiger partial charge in [-0.3, -0.25) is 4.79 Å². The van der Waals surface area contributed by atoms with E-state index in [-0.39, 0.29) is 66.6 Å². The summed E-state index contributed by atoms with van der Waals surface area (Å²) in [5, 5.41) is 13.2. The Labute approximate surface area is 425 Å². The van der Waals surface area contributed by atoms with E-state index in [0.29, 0.717) is 57.0 Å². The van der Waals surface area contributed by atoms with Crippen molar-refractivity contribution in [1.82, 2.24) is 28.7 Å². The summed E-state index contributed by atoms with van der Waals surface area (Å²) >= 11 is 5.92. The molecule has 362 valence electrons. The van der Waals surface area contributed by atoms with Crippen molar-refractivity contribution >= 4 is 91.4 Å². The standard InChI is InChI=1S/C16H20N2O3.C15H16N2O3.C13H13ClN2O2.C5H10O.CH3.ClH.Mg/c1-16(2,20)13-7-6-11-8-12(15(19)21-3)18(14(11)17-13)9-10-4-5-10;1-9(18)12-6-5-11-7-13(15(19)20-2)17(14(11)16-12)8-10-3-4-10;1-18-13(17)10-6-9-4-5-11(14)15-12(9)16(10)7-8-2-3-8;1-4-6-5(2)3;;;/h6-8,10,20H,4-5,9H2,1-3H3;5-7,10H,3-4,8H2,1-2H3;4-6,8H,2-3,7H2,1H3;2,4H2,1,3H3;1H3;1H;/q;;;;-1;;+2/p-1. The van der Waals surface area contributed by atoms with Gasteiger partial charge in [0.05, 0.1) is 39.4 Å². The van der Waals surface area contributed by atoms with Crippen LogP contribution < -0.4 is 12.4 Å². The molecule has 0 saturated heterocycles. The number of aromatic nitrogens is 6. The van der Waals surface area contributed by atoms with Gasteiger partial charge in [-0.2, -0.15) is 0 Å². The van der Waals surface area contributed by atoms with Gasteiger partial charge in [0.25, 0.3) is 0 Å². The molecule has 3 aliphatic rings. The van der Waals surface area contributed by atoms with Crippen LogP contribution in [0, 0.1) is 25.2 Å². The van der Waals surface area contributed by atoms with E-state index in [9.17, 15) is 24.3 Å². The second-order valence-electron chi connectivity index (χ2n) is 17.2. The Kier molecular flexibility index (Phi) is 21.1. The Morgan fingerprint density at radius 3 is 1.37 bits per heavy atom. The van der Waals surface area contributed by atoms with Crippen LogP contribution in [0.1, 0.15) is 121 Å². The molecule has 6 aromatic rings. The van der Waals surface area contributed by atoms with Crippen molar-refractivity contribution in [2.75, 3.05) is 27.9 Å². The van der Waals surface area contributed by atoms with Gasteiger partial charge < -0.3 is 57.6 Å². The van der Waals surface area contributed by atoms with Crippen LogP contribution in [0.4, 0.5) is 0 Å². The molecule has 0 bridgehead atoms. The zero-order chi connectivity index (χ0) is 47.2. The maximum Gasteiger partial charge on any atom is 2.00 e. The number of methoxy groups -OCH3 is 3. The zero-order valence-corrected chi connectivity index (χ0v) is 43.5. The average Bonchev–Trinajstić information content (AvgIpc) is 4.22. The zero-order valence-electron chi connectivity index (χ0n) is 40.6. The van der Waals surface area contributed by atoms with Gasteiger partial charge in [-0.05, 0) is 139 Å². The molecule has 0 unspecified atom stereocenters. The van der Waals surface area contributed by atoms with E-state index < -0.39 is 5.60 Å². The van der Waals surface area contributed by atoms with Gasteiger partial charge >= 0.3 is 41.0 Å². The molecule has 0 spiro atoms. The number of hydrogen-bond acceptors (Lipinski definition) is 12. The van der Waals surface area contributed by atoms with Crippen LogP contribution in [0.2, 0.25) is 5.15 Å². The number of carbonyl (C=O) groups excluding carboxylic acids is 4. The molecule has 6 heterocycles. The molecule has 68 heavy (non-hydrogen) atoms. The quantitative estimate of drug-likeness (QED) is 0.0256. The predicted molar refractivity (Wildman–Crippen MR) is 260 cm³/mol. The predicted octanol–water partition coefficient (Wildman–Crippen LogP) is 6.41. The van der Waals surface area contributed by atoms with E-state index in [0.717, 1.165) is 59.5 Å². The SMILES string of the molecule is C=C(C)OCC.COC(=O)c1cc2ccc(C(C)(C)O)nc2n1CC1CC1.COC(=O)c1cc2ccc(C(C)=O)nc2n1CC1CC1.COC(=O)c1cc2ccc(Cl)nc2n1CC1CC1.[CH3-].[Cl-].[Mg+2]. The Morgan fingerprint density at radius 1 is 0.676 bits per heavy atom. The Bertz CT molecular complexity index is 2730. The van der Waals surface area contributed by atoms with E-state index in [1.807, 2.05) is 57.9 Å². The number of Topliss-reactive ketones (excluding diaryl/α,β-unsaturated/α-hetero) is 1. The monoisotopic (exact) mass is 984 g/mol. The van der Waals surface area contributed by atoms with Crippen molar-refractivity contribution < 1.29 is 55.6 Å². The number of esters is 3. The average molecular weight is 986 g/mol. The van der Waals surface area contributed by atoms with E-state index in [1.165, 1.54) is 66.8 Å². The molecule has 0 atom stereocenters. The molecule has 0 amide bonds. The van der Waals surface area contributed by atoms with Crippen molar-refractivity contribution in [2.45, 2.75) is 98.4 Å².